The summed E-state index contributed by atoms with van der Waals surface area (Å²) in [6, 6.07) is 20.5. The van der Waals surface area contributed by atoms with Crippen LogP contribution in [0.25, 0.3) is 0 Å². The van der Waals surface area contributed by atoms with E-state index in [1.165, 1.54) is 6.07 Å². The maximum atomic E-state index is 13.6. The summed E-state index contributed by atoms with van der Waals surface area (Å²) >= 11 is 0. The molecule has 3 nitrogen and oxygen atoms in total. The number of hydrogen-bond donors (Lipinski definition) is 2. The average molecular weight is 403 g/mol. The molecule has 0 radical (unpaired) electrons. The van der Waals surface area contributed by atoms with Gasteiger partial charge in [-0.05, 0) is 62.2 Å². The number of aryl methyl sites for hydroxylation is 1. The summed E-state index contributed by atoms with van der Waals surface area (Å²) in [5, 5.41) is 13.3. The monoisotopic (exact) mass is 403 g/mol. The van der Waals surface area contributed by atoms with Crippen LogP contribution in [0.1, 0.15) is 37.0 Å². The van der Waals surface area contributed by atoms with E-state index in [0.29, 0.717) is 29.9 Å². The summed E-state index contributed by atoms with van der Waals surface area (Å²) in [5.41, 5.74) is 2.95. The van der Waals surface area contributed by atoms with Crippen LogP contribution in [0.4, 0.5) is 15.8 Å². The van der Waals surface area contributed by atoms with E-state index in [9.17, 15) is 9.50 Å². The molecular weight excluding hydrogens is 377 g/mol. The van der Waals surface area contributed by atoms with Crippen molar-refractivity contribution in [3.8, 4) is 17.6 Å². The van der Waals surface area contributed by atoms with Gasteiger partial charge < -0.3 is 15.2 Å². The first-order chi connectivity index (χ1) is 14.3. The van der Waals surface area contributed by atoms with Crippen LogP contribution < -0.4 is 10.1 Å². The van der Waals surface area contributed by atoms with Gasteiger partial charge in [0.25, 0.3) is 0 Å². The topological polar surface area (TPSA) is 41.5 Å². The Morgan fingerprint density at radius 2 is 1.80 bits per heavy atom. The zero-order valence-corrected chi connectivity index (χ0v) is 17.5. The Labute approximate surface area is 177 Å². The number of halogens is 1. The molecule has 0 saturated heterocycles. The summed E-state index contributed by atoms with van der Waals surface area (Å²) in [4.78, 5) is 0. The standard InChI is InChI=1S/C26H26FNO2/c1-19-17-21(14-15-23(19)27)28-24-12-7-13-25(22(24)11-8-16-26(2,3)29)30-18-20-9-5-4-6-10-20/h4-7,9-10,12-15,17,28-29H,16,18H2,1-3H3. The third-order valence-corrected chi connectivity index (χ3v) is 4.43. The number of rotatable bonds is 6. The third-order valence-electron chi connectivity index (χ3n) is 4.43. The summed E-state index contributed by atoms with van der Waals surface area (Å²) in [6.45, 7) is 5.59. The number of benzene rings is 3. The summed E-state index contributed by atoms with van der Waals surface area (Å²) in [6.07, 6.45) is 0.328. The molecule has 3 aromatic carbocycles. The number of anilines is 2. The van der Waals surface area contributed by atoms with Crippen LogP contribution in [0.5, 0.6) is 5.75 Å². The van der Waals surface area contributed by atoms with Crippen LogP contribution in [0.15, 0.2) is 66.7 Å². The third kappa shape index (κ3) is 6.10. The highest BCUT2D eigenvalue weighted by Crippen LogP contribution is 2.30. The molecule has 0 bridgehead atoms. The number of hydrogen-bond acceptors (Lipinski definition) is 3. The van der Waals surface area contributed by atoms with Gasteiger partial charge in [-0.25, -0.2) is 4.39 Å². The molecule has 2 N–H and O–H groups in total. The van der Waals surface area contributed by atoms with E-state index in [4.69, 9.17) is 4.74 Å². The number of aliphatic hydroxyl groups is 1. The van der Waals surface area contributed by atoms with Crippen molar-refractivity contribution in [2.45, 2.75) is 39.4 Å². The van der Waals surface area contributed by atoms with Gasteiger partial charge in [0.2, 0.25) is 0 Å². The lowest BCUT2D eigenvalue weighted by atomic mass is 10.1. The summed E-state index contributed by atoms with van der Waals surface area (Å²) in [7, 11) is 0. The minimum atomic E-state index is -0.880. The minimum absolute atomic E-state index is 0.245. The Bertz CT molecular complexity index is 1060. The largest absolute Gasteiger partial charge is 0.488 e. The minimum Gasteiger partial charge on any atom is -0.488 e. The number of nitrogens with one attached hydrogen (secondary N) is 1. The molecule has 0 aliphatic carbocycles. The smallest absolute Gasteiger partial charge is 0.137 e. The molecule has 30 heavy (non-hydrogen) atoms. The average Bonchev–Trinajstić information content (AvgIpc) is 2.70. The normalized spacial score (nSPS) is 10.8. The van der Waals surface area contributed by atoms with Crippen LogP contribution in [-0.2, 0) is 6.61 Å². The van der Waals surface area contributed by atoms with Crippen molar-refractivity contribution in [2.75, 3.05) is 5.32 Å². The van der Waals surface area contributed by atoms with E-state index in [-0.39, 0.29) is 5.82 Å². The SMILES string of the molecule is Cc1cc(Nc2cccc(OCc3ccccc3)c2C#CCC(C)(C)O)ccc1F. The molecule has 4 heteroatoms. The van der Waals surface area contributed by atoms with Crippen LogP contribution in [0, 0.1) is 24.6 Å². The fourth-order valence-electron chi connectivity index (χ4n) is 2.85. The van der Waals surface area contributed by atoms with Gasteiger partial charge in [-0.1, -0.05) is 48.2 Å². The van der Waals surface area contributed by atoms with Crippen LogP contribution in [0.3, 0.4) is 0 Å². The summed E-state index contributed by atoms with van der Waals surface area (Å²) < 4.78 is 19.7. The number of ether oxygens (including phenoxy) is 1. The van der Waals surface area contributed by atoms with Gasteiger partial charge in [-0.3, -0.25) is 0 Å². The lowest BCUT2D eigenvalue weighted by molar-refractivity contribution is 0.0862. The molecule has 0 aliphatic heterocycles. The molecule has 0 unspecified atom stereocenters. The zero-order chi connectivity index (χ0) is 21.6. The van der Waals surface area contributed by atoms with E-state index in [1.54, 1.807) is 32.9 Å². The van der Waals surface area contributed by atoms with Crippen molar-refractivity contribution in [3.63, 3.8) is 0 Å². The van der Waals surface area contributed by atoms with Crippen molar-refractivity contribution in [1.82, 2.24) is 0 Å². The Morgan fingerprint density at radius 3 is 2.50 bits per heavy atom. The van der Waals surface area contributed by atoms with Gasteiger partial charge in [-0.15, -0.1) is 0 Å². The van der Waals surface area contributed by atoms with E-state index < -0.39 is 5.60 Å². The molecular formula is C26H26FNO2. The lowest BCUT2D eigenvalue weighted by Gasteiger charge is -2.15. The zero-order valence-electron chi connectivity index (χ0n) is 17.5. The summed E-state index contributed by atoms with van der Waals surface area (Å²) in [5.74, 6) is 6.60. The maximum Gasteiger partial charge on any atom is 0.137 e. The Balaban J connectivity index is 1.92. The van der Waals surface area contributed by atoms with E-state index in [2.05, 4.69) is 17.2 Å². The molecule has 0 fully saturated rings. The molecule has 0 aromatic heterocycles. The van der Waals surface area contributed by atoms with Gasteiger partial charge in [-0.2, -0.15) is 0 Å². The van der Waals surface area contributed by atoms with E-state index >= 15 is 0 Å². The van der Waals surface area contributed by atoms with Crippen LogP contribution in [0.2, 0.25) is 0 Å². The highest BCUT2D eigenvalue weighted by atomic mass is 19.1. The van der Waals surface area contributed by atoms with Gasteiger partial charge in [0.15, 0.2) is 0 Å². The molecule has 0 spiro atoms. The van der Waals surface area contributed by atoms with E-state index in [1.807, 2.05) is 48.5 Å². The fraction of sp³-hybridized carbons (Fsp3) is 0.231. The van der Waals surface area contributed by atoms with Gasteiger partial charge in [0, 0.05) is 12.1 Å². The Kier molecular flexibility index (Phi) is 6.76. The second-order valence-corrected chi connectivity index (χ2v) is 7.83. The Morgan fingerprint density at radius 1 is 1.03 bits per heavy atom. The molecule has 0 heterocycles. The molecule has 3 rings (SSSR count). The van der Waals surface area contributed by atoms with Crippen molar-refractivity contribution < 1.29 is 14.2 Å². The molecule has 3 aromatic rings. The van der Waals surface area contributed by atoms with Crippen molar-refractivity contribution in [3.05, 3.63) is 89.2 Å². The molecule has 0 atom stereocenters. The van der Waals surface area contributed by atoms with Crippen LogP contribution in [-0.4, -0.2) is 10.7 Å². The lowest BCUT2D eigenvalue weighted by Crippen LogP contribution is -2.16. The first kappa shape index (κ1) is 21.4. The quantitative estimate of drug-likeness (QED) is 0.498. The predicted molar refractivity (Wildman–Crippen MR) is 119 cm³/mol. The Hall–Kier alpha value is -3.29. The van der Waals surface area contributed by atoms with Gasteiger partial charge in [0.05, 0.1) is 16.9 Å². The molecule has 0 amide bonds. The van der Waals surface area contributed by atoms with Crippen molar-refractivity contribution in [2.24, 2.45) is 0 Å². The van der Waals surface area contributed by atoms with Crippen molar-refractivity contribution in [1.29, 1.82) is 0 Å². The predicted octanol–water partition coefficient (Wildman–Crippen LogP) is 5.97. The fourth-order valence-corrected chi connectivity index (χ4v) is 2.85. The maximum absolute atomic E-state index is 13.6. The molecule has 154 valence electrons. The second-order valence-electron chi connectivity index (χ2n) is 7.83. The van der Waals surface area contributed by atoms with Gasteiger partial charge >= 0.3 is 0 Å². The van der Waals surface area contributed by atoms with E-state index in [0.717, 1.165) is 16.9 Å². The second kappa shape index (κ2) is 9.47. The highest BCUT2D eigenvalue weighted by Gasteiger charge is 2.12. The molecule has 0 aliphatic rings. The first-order valence-electron chi connectivity index (χ1n) is 9.86. The van der Waals surface area contributed by atoms with Crippen LogP contribution >= 0.6 is 0 Å². The first-order valence-corrected chi connectivity index (χ1v) is 9.86. The highest BCUT2D eigenvalue weighted by molar-refractivity contribution is 5.71. The van der Waals surface area contributed by atoms with Gasteiger partial charge in [0.1, 0.15) is 18.2 Å². The van der Waals surface area contributed by atoms with Crippen molar-refractivity contribution >= 4 is 11.4 Å². The molecule has 0 saturated carbocycles.